The Hall–Kier alpha value is -1.29. The average Bonchev–Trinajstić information content (AvgIpc) is 2.82. The molecule has 2 aromatic heterocycles. The Labute approximate surface area is 95.9 Å². The van der Waals surface area contributed by atoms with Crippen molar-refractivity contribution in [3.8, 4) is 11.5 Å². The van der Waals surface area contributed by atoms with Gasteiger partial charge in [0.25, 0.3) is 0 Å². The number of aromatic nitrogens is 2. The molecule has 3 rings (SSSR count). The molecule has 1 fully saturated rings. The standard InChI is InChI=1S/C10H10F3N2OP/c11-17(12,13)10-6-8(9-2-1-5-16-9)15(14-10)7-3-4-7/h1-2,5-7,17H,3-4H2. The van der Waals surface area contributed by atoms with Crippen molar-refractivity contribution < 1.29 is 17.0 Å². The average molecular weight is 262 g/mol. The summed E-state index contributed by atoms with van der Waals surface area (Å²) in [5, 5.41) is 3.69. The third-order valence-corrected chi connectivity index (χ3v) is 3.52. The fourth-order valence-electron chi connectivity index (χ4n) is 1.74. The number of hydrogen-bond donors (Lipinski definition) is 0. The quantitative estimate of drug-likeness (QED) is 0.792. The number of hydrogen-bond acceptors (Lipinski definition) is 2. The molecule has 0 bridgehead atoms. The Kier molecular flexibility index (Phi) is 2.30. The molecule has 3 nitrogen and oxygen atoms in total. The molecule has 0 aromatic carbocycles. The molecule has 92 valence electrons. The topological polar surface area (TPSA) is 31.0 Å². The van der Waals surface area contributed by atoms with Crippen molar-refractivity contribution in [2.24, 2.45) is 0 Å². The van der Waals surface area contributed by atoms with Crippen molar-refractivity contribution in [3.05, 3.63) is 24.5 Å². The van der Waals surface area contributed by atoms with Gasteiger partial charge < -0.3 is 0 Å². The van der Waals surface area contributed by atoms with E-state index in [0.29, 0.717) is 11.5 Å². The second-order valence-corrected chi connectivity index (χ2v) is 5.57. The zero-order chi connectivity index (χ0) is 12.0. The molecule has 0 unspecified atom stereocenters. The van der Waals surface area contributed by atoms with E-state index >= 15 is 0 Å². The molecular weight excluding hydrogens is 252 g/mol. The number of nitrogens with zero attached hydrogens (tertiary/aromatic N) is 2. The van der Waals surface area contributed by atoms with E-state index in [1.807, 2.05) is 0 Å². The molecule has 7 heteroatoms. The van der Waals surface area contributed by atoms with E-state index in [4.69, 9.17) is 4.42 Å². The molecule has 2 aromatic rings. The maximum atomic E-state index is 12.7. The summed E-state index contributed by atoms with van der Waals surface area (Å²) in [6, 6.07) is 4.51. The van der Waals surface area contributed by atoms with E-state index in [-0.39, 0.29) is 6.04 Å². The van der Waals surface area contributed by atoms with E-state index in [0.717, 1.165) is 18.9 Å². The number of rotatable bonds is 3. The first-order valence-corrected chi connectivity index (χ1v) is 6.90. The van der Waals surface area contributed by atoms with Gasteiger partial charge >= 0.3 is 95.2 Å². The molecule has 1 saturated carbocycles. The van der Waals surface area contributed by atoms with Gasteiger partial charge in [-0.25, -0.2) is 0 Å². The Morgan fingerprint density at radius 2 is 2.12 bits per heavy atom. The van der Waals surface area contributed by atoms with Gasteiger partial charge in [0.05, 0.1) is 0 Å². The molecule has 0 N–H and O–H groups in total. The van der Waals surface area contributed by atoms with Crippen molar-refractivity contribution in [2.45, 2.75) is 18.9 Å². The van der Waals surface area contributed by atoms with Gasteiger partial charge in [-0.15, -0.1) is 0 Å². The van der Waals surface area contributed by atoms with Crippen LogP contribution in [0.2, 0.25) is 0 Å². The first-order chi connectivity index (χ1) is 8.05. The zero-order valence-corrected chi connectivity index (χ0v) is 9.74. The second kappa shape index (κ2) is 3.60. The van der Waals surface area contributed by atoms with Gasteiger partial charge in [0, 0.05) is 0 Å². The molecule has 1 aliphatic rings. The molecule has 0 aliphatic heterocycles. The monoisotopic (exact) mass is 262 g/mol. The summed E-state index contributed by atoms with van der Waals surface area (Å²) >= 11 is 0. The van der Waals surface area contributed by atoms with Gasteiger partial charge in [0.1, 0.15) is 0 Å². The Balaban J connectivity index is 2.10. The van der Waals surface area contributed by atoms with Crippen molar-refractivity contribution in [2.75, 3.05) is 0 Å². The van der Waals surface area contributed by atoms with Gasteiger partial charge in [-0.1, -0.05) is 0 Å². The van der Waals surface area contributed by atoms with E-state index < -0.39 is 13.6 Å². The van der Waals surface area contributed by atoms with E-state index in [1.165, 1.54) is 10.9 Å². The second-order valence-electron chi connectivity index (χ2n) is 4.07. The van der Waals surface area contributed by atoms with Gasteiger partial charge in [-0.05, 0) is 0 Å². The minimum absolute atomic E-state index is 0.0974. The van der Waals surface area contributed by atoms with Crippen LogP contribution in [0.5, 0.6) is 0 Å². The molecule has 1 aliphatic carbocycles. The predicted molar refractivity (Wildman–Crippen MR) is 59.5 cm³/mol. The van der Waals surface area contributed by atoms with E-state index in [2.05, 4.69) is 5.10 Å². The van der Waals surface area contributed by atoms with E-state index in [1.54, 1.807) is 12.1 Å². The summed E-state index contributed by atoms with van der Waals surface area (Å²) < 4.78 is 44.8. The third-order valence-electron chi connectivity index (χ3n) is 2.69. The molecule has 17 heavy (non-hydrogen) atoms. The Morgan fingerprint density at radius 1 is 1.35 bits per heavy atom. The van der Waals surface area contributed by atoms with Crippen molar-refractivity contribution in [1.29, 1.82) is 0 Å². The SMILES string of the molecule is F[PH](F)(F)c1cc(-c2ccco2)n(C2CC2)n1. The fraction of sp³-hybridized carbons (Fsp3) is 0.300. The Morgan fingerprint density at radius 3 is 2.65 bits per heavy atom. The molecule has 0 atom stereocenters. The van der Waals surface area contributed by atoms with E-state index in [9.17, 15) is 12.6 Å². The summed E-state index contributed by atoms with van der Waals surface area (Å²) in [7, 11) is -5.85. The van der Waals surface area contributed by atoms with Crippen LogP contribution in [0.25, 0.3) is 11.5 Å². The molecule has 0 spiro atoms. The van der Waals surface area contributed by atoms with Crippen LogP contribution in [-0.2, 0) is 0 Å². The molecule has 2 heterocycles. The normalized spacial score (nSPS) is 17.4. The maximum absolute atomic E-state index is 12.7. The van der Waals surface area contributed by atoms with Crippen LogP contribution < -0.4 is 5.44 Å². The first kappa shape index (κ1) is 10.8. The van der Waals surface area contributed by atoms with Gasteiger partial charge in [0.15, 0.2) is 0 Å². The van der Waals surface area contributed by atoms with Crippen molar-refractivity contribution in [1.82, 2.24) is 9.78 Å². The molecular formula is C10H10F3N2OP. The zero-order valence-electron chi connectivity index (χ0n) is 8.74. The van der Waals surface area contributed by atoms with Crippen molar-refractivity contribution >= 4 is 13.6 Å². The van der Waals surface area contributed by atoms with Crippen LogP contribution >= 0.6 is 8.19 Å². The summed E-state index contributed by atoms with van der Waals surface area (Å²) in [6.07, 6.45) is 3.22. The van der Waals surface area contributed by atoms with Crippen LogP contribution in [0.3, 0.4) is 0 Å². The van der Waals surface area contributed by atoms with Crippen LogP contribution in [0.4, 0.5) is 12.6 Å². The molecule has 0 saturated heterocycles. The van der Waals surface area contributed by atoms with Gasteiger partial charge in [0.2, 0.25) is 0 Å². The number of halogens is 3. The van der Waals surface area contributed by atoms with Crippen LogP contribution in [0.1, 0.15) is 18.9 Å². The summed E-state index contributed by atoms with van der Waals surface area (Å²) in [5.74, 6) is 0.439. The predicted octanol–water partition coefficient (Wildman–Crippen LogP) is 3.51. The third kappa shape index (κ3) is 1.97. The Bertz CT molecular complexity index is 528. The van der Waals surface area contributed by atoms with Crippen LogP contribution in [-0.4, -0.2) is 9.78 Å². The van der Waals surface area contributed by atoms with Crippen molar-refractivity contribution in [3.63, 3.8) is 0 Å². The van der Waals surface area contributed by atoms with Gasteiger partial charge in [-0.3, -0.25) is 0 Å². The molecule has 0 amide bonds. The molecule has 0 radical (unpaired) electrons. The van der Waals surface area contributed by atoms with Gasteiger partial charge in [-0.2, -0.15) is 0 Å². The minimum atomic E-state index is -5.85. The van der Waals surface area contributed by atoms with Crippen LogP contribution in [0, 0.1) is 0 Å². The summed E-state index contributed by atoms with van der Waals surface area (Å²) in [6.45, 7) is 0. The number of furan rings is 1. The summed E-state index contributed by atoms with van der Waals surface area (Å²) in [5.41, 5.74) is -0.298. The summed E-state index contributed by atoms with van der Waals surface area (Å²) in [4.78, 5) is 0. The fourth-order valence-corrected chi connectivity index (χ4v) is 2.26. The van der Waals surface area contributed by atoms with Crippen LogP contribution in [0.15, 0.2) is 28.9 Å². The first-order valence-electron chi connectivity index (χ1n) is 5.26.